The molecule has 3 heteroatoms. The van der Waals surface area contributed by atoms with Gasteiger partial charge in [0.25, 0.3) is 0 Å². The van der Waals surface area contributed by atoms with E-state index in [-0.39, 0.29) is 0 Å². The molecule has 0 N–H and O–H groups in total. The maximum absolute atomic E-state index is 5.30. The first-order valence-corrected chi connectivity index (χ1v) is 5.35. The van der Waals surface area contributed by atoms with Crippen molar-refractivity contribution in [2.75, 3.05) is 6.61 Å². The first kappa shape index (κ1) is 10.2. The third-order valence-electron chi connectivity index (χ3n) is 1.49. The molecule has 0 unspecified atom stereocenters. The van der Waals surface area contributed by atoms with Crippen LogP contribution >= 0.6 is 31.9 Å². The minimum atomic E-state index is 0.663. The van der Waals surface area contributed by atoms with Crippen molar-refractivity contribution in [2.24, 2.45) is 0 Å². The first-order valence-electron chi connectivity index (χ1n) is 3.76. The molecular formula is C9H10Br2O. The topological polar surface area (TPSA) is 9.23 Å². The lowest BCUT2D eigenvalue weighted by atomic mass is 10.2. The van der Waals surface area contributed by atoms with E-state index in [4.69, 9.17) is 4.74 Å². The monoisotopic (exact) mass is 292 g/mol. The number of ether oxygens (including phenoxy) is 1. The van der Waals surface area contributed by atoms with Crippen LogP contribution in [0.3, 0.4) is 0 Å². The van der Waals surface area contributed by atoms with E-state index in [1.54, 1.807) is 0 Å². The van der Waals surface area contributed by atoms with Crippen LogP contribution in [-0.2, 0) is 11.3 Å². The van der Waals surface area contributed by atoms with Gasteiger partial charge >= 0.3 is 0 Å². The SMILES string of the molecule is CCOCc1cccc(Br)c1Br. The molecule has 66 valence electrons. The summed E-state index contributed by atoms with van der Waals surface area (Å²) in [5, 5.41) is 0. The number of hydrogen-bond donors (Lipinski definition) is 0. The molecule has 0 spiro atoms. The highest BCUT2D eigenvalue weighted by molar-refractivity contribution is 9.13. The summed E-state index contributed by atoms with van der Waals surface area (Å²) in [5.74, 6) is 0. The Morgan fingerprint density at radius 2 is 2.08 bits per heavy atom. The predicted molar refractivity (Wildman–Crippen MR) is 57.2 cm³/mol. The van der Waals surface area contributed by atoms with Gasteiger partial charge in [0.15, 0.2) is 0 Å². The molecule has 0 aromatic heterocycles. The lowest BCUT2D eigenvalue weighted by Gasteiger charge is -2.05. The van der Waals surface area contributed by atoms with Gasteiger partial charge in [0, 0.05) is 15.6 Å². The number of benzene rings is 1. The minimum absolute atomic E-state index is 0.663. The summed E-state index contributed by atoms with van der Waals surface area (Å²) in [6.07, 6.45) is 0. The summed E-state index contributed by atoms with van der Waals surface area (Å²) >= 11 is 6.92. The van der Waals surface area contributed by atoms with E-state index in [0.29, 0.717) is 6.61 Å². The van der Waals surface area contributed by atoms with Crippen LogP contribution in [0.4, 0.5) is 0 Å². The standard InChI is InChI=1S/C9H10Br2O/c1-2-12-6-7-4-3-5-8(10)9(7)11/h3-5H,2,6H2,1H3. The highest BCUT2D eigenvalue weighted by Gasteiger charge is 2.01. The van der Waals surface area contributed by atoms with E-state index in [2.05, 4.69) is 31.9 Å². The van der Waals surface area contributed by atoms with Crippen molar-refractivity contribution in [1.29, 1.82) is 0 Å². The van der Waals surface area contributed by atoms with Gasteiger partial charge in [0.2, 0.25) is 0 Å². The Kier molecular flexibility index (Phi) is 4.26. The molecule has 0 aliphatic rings. The molecule has 0 saturated heterocycles. The predicted octanol–water partition coefficient (Wildman–Crippen LogP) is 3.75. The zero-order valence-electron chi connectivity index (χ0n) is 6.81. The van der Waals surface area contributed by atoms with Gasteiger partial charge in [-0.1, -0.05) is 12.1 Å². The molecule has 0 amide bonds. The fourth-order valence-corrected chi connectivity index (χ4v) is 1.66. The van der Waals surface area contributed by atoms with Crippen LogP contribution in [-0.4, -0.2) is 6.61 Å². The Morgan fingerprint density at radius 3 is 2.75 bits per heavy atom. The minimum Gasteiger partial charge on any atom is -0.377 e. The highest BCUT2D eigenvalue weighted by Crippen LogP contribution is 2.26. The average molecular weight is 294 g/mol. The van der Waals surface area contributed by atoms with E-state index in [1.807, 2.05) is 25.1 Å². The fraction of sp³-hybridized carbons (Fsp3) is 0.333. The van der Waals surface area contributed by atoms with E-state index in [0.717, 1.165) is 15.6 Å². The Balaban J connectivity index is 2.78. The maximum atomic E-state index is 5.30. The molecule has 1 rings (SSSR count). The second-order valence-corrected chi connectivity index (χ2v) is 4.00. The molecular weight excluding hydrogens is 284 g/mol. The first-order chi connectivity index (χ1) is 5.75. The molecule has 0 fully saturated rings. The highest BCUT2D eigenvalue weighted by atomic mass is 79.9. The molecule has 1 aromatic carbocycles. The van der Waals surface area contributed by atoms with Gasteiger partial charge in [-0.2, -0.15) is 0 Å². The van der Waals surface area contributed by atoms with Crippen LogP contribution in [0.1, 0.15) is 12.5 Å². The van der Waals surface area contributed by atoms with Crippen LogP contribution in [0.15, 0.2) is 27.1 Å². The van der Waals surface area contributed by atoms with E-state index in [9.17, 15) is 0 Å². The van der Waals surface area contributed by atoms with Gasteiger partial charge in [-0.3, -0.25) is 0 Å². The molecule has 1 aromatic rings. The Bertz CT molecular complexity index is 261. The van der Waals surface area contributed by atoms with Crippen LogP contribution in [0, 0.1) is 0 Å². The maximum Gasteiger partial charge on any atom is 0.0728 e. The molecule has 0 radical (unpaired) electrons. The van der Waals surface area contributed by atoms with E-state index >= 15 is 0 Å². The van der Waals surface area contributed by atoms with Gasteiger partial charge in [-0.25, -0.2) is 0 Å². The van der Waals surface area contributed by atoms with Crippen LogP contribution < -0.4 is 0 Å². The lowest BCUT2D eigenvalue weighted by Crippen LogP contribution is -1.92. The molecule has 12 heavy (non-hydrogen) atoms. The van der Waals surface area contributed by atoms with Gasteiger partial charge in [-0.05, 0) is 50.4 Å². The molecule has 0 bridgehead atoms. The molecule has 1 nitrogen and oxygen atoms in total. The second kappa shape index (κ2) is 5.00. The Morgan fingerprint density at radius 1 is 1.33 bits per heavy atom. The summed E-state index contributed by atoms with van der Waals surface area (Å²) in [4.78, 5) is 0. The molecule has 0 aliphatic carbocycles. The smallest absolute Gasteiger partial charge is 0.0728 e. The van der Waals surface area contributed by atoms with Crippen molar-refractivity contribution in [2.45, 2.75) is 13.5 Å². The van der Waals surface area contributed by atoms with Gasteiger partial charge < -0.3 is 4.74 Å². The summed E-state index contributed by atoms with van der Waals surface area (Å²) < 4.78 is 7.46. The molecule has 0 aliphatic heterocycles. The summed E-state index contributed by atoms with van der Waals surface area (Å²) in [6, 6.07) is 6.05. The molecule has 0 atom stereocenters. The van der Waals surface area contributed by atoms with Crippen molar-refractivity contribution in [1.82, 2.24) is 0 Å². The zero-order valence-corrected chi connectivity index (χ0v) is 9.98. The Labute approximate surface area is 89.4 Å². The lowest BCUT2D eigenvalue weighted by molar-refractivity contribution is 0.133. The number of hydrogen-bond acceptors (Lipinski definition) is 1. The number of halogens is 2. The number of rotatable bonds is 3. The molecule has 0 heterocycles. The van der Waals surface area contributed by atoms with Crippen molar-refractivity contribution in [3.63, 3.8) is 0 Å². The van der Waals surface area contributed by atoms with Gasteiger partial charge in [-0.15, -0.1) is 0 Å². The van der Waals surface area contributed by atoms with Crippen LogP contribution in [0.5, 0.6) is 0 Å². The fourth-order valence-electron chi connectivity index (χ4n) is 0.872. The summed E-state index contributed by atoms with van der Waals surface area (Å²) in [6.45, 7) is 3.40. The van der Waals surface area contributed by atoms with Gasteiger partial charge in [0.1, 0.15) is 0 Å². The average Bonchev–Trinajstić information content (AvgIpc) is 2.08. The quantitative estimate of drug-likeness (QED) is 0.825. The third kappa shape index (κ3) is 2.57. The normalized spacial score (nSPS) is 10.2. The van der Waals surface area contributed by atoms with Crippen molar-refractivity contribution >= 4 is 31.9 Å². The second-order valence-electron chi connectivity index (χ2n) is 2.35. The Hall–Kier alpha value is 0.140. The zero-order chi connectivity index (χ0) is 8.97. The third-order valence-corrected chi connectivity index (χ3v) is 3.62. The molecule has 0 saturated carbocycles. The van der Waals surface area contributed by atoms with Gasteiger partial charge in [0.05, 0.1) is 6.61 Å². The van der Waals surface area contributed by atoms with E-state index < -0.39 is 0 Å². The van der Waals surface area contributed by atoms with Crippen molar-refractivity contribution in [3.05, 3.63) is 32.7 Å². The largest absolute Gasteiger partial charge is 0.377 e. The summed E-state index contributed by atoms with van der Waals surface area (Å²) in [5.41, 5.74) is 1.17. The van der Waals surface area contributed by atoms with Crippen LogP contribution in [0.2, 0.25) is 0 Å². The van der Waals surface area contributed by atoms with Crippen molar-refractivity contribution < 1.29 is 4.74 Å². The van der Waals surface area contributed by atoms with Crippen molar-refractivity contribution in [3.8, 4) is 0 Å². The van der Waals surface area contributed by atoms with Crippen LogP contribution in [0.25, 0.3) is 0 Å². The summed E-state index contributed by atoms with van der Waals surface area (Å²) in [7, 11) is 0. The van der Waals surface area contributed by atoms with E-state index in [1.165, 1.54) is 5.56 Å².